The Morgan fingerprint density at radius 3 is 2.70 bits per heavy atom. The first kappa shape index (κ1) is 14.5. The van der Waals surface area contributed by atoms with Crippen LogP contribution in [0.1, 0.15) is 20.8 Å². The maximum absolute atomic E-state index is 11.5. The van der Waals surface area contributed by atoms with Gasteiger partial charge in [-0.15, -0.1) is 11.3 Å². The van der Waals surface area contributed by atoms with Crippen LogP contribution in [0.3, 0.4) is 0 Å². The molecular formula is C14H16N2O3S. The van der Waals surface area contributed by atoms with E-state index in [0.717, 1.165) is 16.9 Å². The first-order chi connectivity index (χ1) is 9.74. The molecular weight excluding hydrogens is 276 g/mol. The van der Waals surface area contributed by atoms with E-state index in [2.05, 4.69) is 5.43 Å². The molecule has 0 radical (unpaired) electrons. The SMILES string of the molecule is NNC(=O)c1sccc1COc1ccc(CCO)cc1. The number of nitrogen functional groups attached to an aromatic ring is 1. The number of nitrogens with two attached hydrogens (primary N) is 1. The second-order valence-electron chi connectivity index (χ2n) is 4.15. The Labute approximate surface area is 121 Å². The summed E-state index contributed by atoms with van der Waals surface area (Å²) in [6.07, 6.45) is 0.631. The number of ether oxygens (including phenoxy) is 1. The highest BCUT2D eigenvalue weighted by Gasteiger charge is 2.12. The molecule has 20 heavy (non-hydrogen) atoms. The monoisotopic (exact) mass is 292 g/mol. The van der Waals surface area contributed by atoms with Crippen LogP contribution in [0, 0.1) is 0 Å². The fraction of sp³-hybridized carbons (Fsp3) is 0.214. The van der Waals surface area contributed by atoms with Crippen molar-refractivity contribution in [1.29, 1.82) is 0 Å². The van der Waals surface area contributed by atoms with Gasteiger partial charge in [-0.25, -0.2) is 5.84 Å². The smallest absolute Gasteiger partial charge is 0.275 e. The number of hydrogen-bond donors (Lipinski definition) is 3. The molecule has 1 aromatic heterocycles. The average molecular weight is 292 g/mol. The van der Waals surface area contributed by atoms with Gasteiger partial charge in [-0.2, -0.15) is 0 Å². The summed E-state index contributed by atoms with van der Waals surface area (Å²) in [4.78, 5) is 12.1. The van der Waals surface area contributed by atoms with Crippen LogP contribution in [0.25, 0.3) is 0 Å². The van der Waals surface area contributed by atoms with Crippen LogP contribution < -0.4 is 16.0 Å². The highest BCUT2D eigenvalue weighted by molar-refractivity contribution is 7.12. The third kappa shape index (κ3) is 3.57. The van der Waals surface area contributed by atoms with E-state index >= 15 is 0 Å². The third-order valence-corrected chi connectivity index (χ3v) is 3.76. The lowest BCUT2D eigenvalue weighted by atomic mass is 10.1. The number of rotatable bonds is 6. The number of amides is 1. The topological polar surface area (TPSA) is 84.6 Å². The predicted octanol–water partition coefficient (Wildman–Crippen LogP) is 1.47. The normalized spacial score (nSPS) is 10.3. The molecule has 5 nitrogen and oxygen atoms in total. The maximum atomic E-state index is 11.5. The molecule has 0 aliphatic rings. The zero-order chi connectivity index (χ0) is 14.4. The van der Waals surface area contributed by atoms with Crippen molar-refractivity contribution in [3.63, 3.8) is 0 Å². The Balaban J connectivity index is 1.98. The van der Waals surface area contributed by atoms with E-state index in [1.54, 1.807) is 0 Å². The minimum Gasteiger partial charge on any atom is -0.489 e. The van der Waals surface area contributed by atoms with Crippen molar-refractivity contribution in [2.24, 2.45) is 5.84 Å². The Morgan fingerprint density at radius 2 is 2.05 bits per heavy atom. The molecule has 2 aromatic rings. The quantitative estimate of drug-likeness (QED) is 0.427. The molecule has 0 unspecified atom stereocenters. The lowest BCUT2D eigenvalue weighted by Crippen LogP contribution is -2.30. The molecule has 1 amide bonds. The highest BCUT2D eigenvalue weighted by atomic mass is 32.1. The van der Waals surface area contributed by atoms with Gasteiger partial charge in [0.2, 0.25) is 0 Å². The summed E-state index contributed by atoms with van der Waals surface area (Å²) in [5.41, 5.74) is 3.98. The lowest BCUT2D eigenvalue weighted by molar-refractivity contribution is 0.0955. The molecule has 106 valence electrons. The summed E-state index contributed by atoms with van der Waals surface area (Å²) in [6.45, 7) is 0.443. The van der Waals surface area contributed by atoms with Gasteiger partial charge in [-0.05, 0) is 35.6 Å². The summed E-state index contributed by atoms with van der Waals surface area (Å²) in [5.74, 6) is 5.54. The van der Waals surface area contributed by atoms with Crippen molar-refractivity contribution >= 4 is 17.2 Å². The minimum atomic E-state index is -0.308. The summed E-state index contributed by atoms with van der Waals surface area (Å²) in [7, 11) is 0. The first-order valence-electron chi connectivity index (χ1n) is 6.14. The number of aliphatic hydroxyl groups is 1. The van der Waals surface area contributed by atoms with Gasteiger partial charge in [0.1, 0.15) is 12.4 Å². The Morgan fingerprint density at radius 1 is 1.30 bits per heavy atom. The van der Waals surface area contributed by atoms with Gasteiger partial charge in [0.05, 0.1) is 4.88 Å². The molecule has 2 rings (SSSR count). The van der Waals surface area contributed by atoms with Crippen LogP contribution in [-0.2, 0) is 13.0 Å². The van der Waals surface area contributed by atoms with Crippen molar-refractivity contribution in [3.8, 4) is 5.75 Å². The second kappa shape index (κ2) is 7.04. The molecule has 4 N–H and O–H groups in total. The number of benzene rings is 1. The van der Waals surface area contributed by atoms with Crippen LogP contribution in [0.5, 0.6) is 5.75 Å². The van der Waals surface area contributed by atoms with Crippen LogP contribution in [-0.4, -0.2) is 17.6 Å². The van der Waals surface area contributed by atoms with Gasteiger partial charge in [0, 0.05) is 12.2 Å². The highest BCUT2D eigenvalue weighted by Crippen LogP contribution is 2.20. The Hall–Kier alpha value is -1.89. The fourth-order valence-corrected chi connectivity index (χ4v) is 2.57. The predicted molar refractivity (Wildman–Crippen MR) is 77.5 cm³/mol. The van der Waals surface area contributed by atoms with Gasteiger partial charge in [-0.3, -0.25) is 10.2 Å². The molecule has 1 heterocycles. The third-order valence-electron chi connectivity index (χ3n) is 2.80. The number of hydrogen-bond acceptors (Lipinski definition) is 5. The number of carbonyl (C=O) groups excluding carboxylic acids is 1. The van der Waals surface area contributed by atoms with Crippen molar-refractivity contribution in [2.75, 3.05) is 6.61 Å². The molecule has 6 heteroatoms. The van der Waals surface area contributed by atoms with E-state index in [4.69, 9.17) is 15.7 Å². The standard InChI is InChI=1S/C14H16N2O3S/c15-16-14(18)13-11(6-8-20-13)9-19-12-3-1-10(2-4-12)5-7-17/h1-4,6,8,17H,5,7,9,15H2,(H,16,18). The molecule has 0 fully saturated rings. The van der Waals surface area contributed by atoms with E-state index in [1.807, 2.05) is 35.7 Å². The summed E-state index contributed by atoms with van der Waals surface area (Å²) >= 11 is 1.33. The van der Waals surface area contributed by atoms with Gasteiger partial charge in [0.15, 0.2) is 0 Å². The van der Waals surface area contributed by atoms with Crippen molar-refractivity contribution < 1.29 is 14.6 Å². The van der Waals surface area contributed by atoms with Gasteiger partial charge in [0.25, 0.3) is 5.91 Å². The number of hydrazine groups is 1. The number of aliphatic hydroxyl groups excluding tert-OH is 1. The fourth-order valence-electron chi connectivity index (χ4n) is 1.76. The van der Waals surface area contributed by atoms with Crippen LogP contribution in [0.4, 0.5) is 0 Å². The van der Waals surface area contributed by atoms with Gasteiger partial charge < -0.3 is 9.84 Å². The lowest BCUT2D eigenvalue weighted by Gasteiger charge is -2.07. The van der Waals surface area contributed by atoms with Gasteiger partial charge >= 0.3 is 0 Å². The summed E-state index contributed by atoms with van der Waals surface area (Å²) in [6, 6.07) is 9.36. The van der Waals surface area contributed by atoms with Crippen LogP contribution in [0.15, 0.2) is 35.7 Å². The Bertz CT molecular complexity index is 566. The van der Waals surface area contributed by atoms with Crippen molar-refractivity contribution in [1.82, 2.24) is 5.43 Å². The maximum Gasteiger partial charge on any atom is 0.275 e. The van der Waals surface area contributed by atoms with Crippen molar-refractivity contribution in [3.05, 3.63) is 51.7 Å². The van der Waals surface area contributed by atoms with Gasteiger partial charge in [-0.1, -0.05) is 12.1 Å². The molecule has 0 bridgehead atoms. The van der Waals surface area contributed by atoms with E-state index in [1.165, 1.54) is 11.3 Å². The average Bonchev–Trinajstić information content (AvgIpc) is 2.94. The second-order valence-corrected chi connectivity index (χ2v) is 5.07. The van der Waals surface area contributed by atoms with Crippen molar-refractivity contribution in [2.45, 2.75) is 13.0 Å². The molecule has 0 atom stereocenters. The zero-order valence-electron chi connectivity index (χ0n) is 10.8. The molecule has 0 aliphatic carbocycles. The molecule has 1 aromatic carbocycles. The molecule has 0 saturated carbocycles. The first-order valence-corrected chi connectivity index (χ1v) is 7.02. The Kier molecular flexibility index (Phi) is 5.11. The largest absolute Gasteiger partial charge is 0.489 e. The summed E-state index contributed by atoms with van der Waals surface area (Å²) in [5, 5.41) is 10.7. The van der Waals surface area contributed by atoms with E-state index in [-0.39, 0.29) is 12.5 Å². The number of carbonyl (C=O) groups is 1. The molecule has 0 spiro atoms. The van der Waals surface area contributed by atoms with E-state index in [0.29, 0.717) is 17.9 Å². The zero-order valence-corrected chi connectivity index (χ0v) is 11.7. The summed E-state index contributed by atoms with van der Waals surface area (Å²) < 4.78 is 5.64. The van der Waals surface area contributed by atoms with Crippen LogP contribution >= 0.6 is 11.3 Å². The number of thiophene rings is 1. The molecule has 0 aliphatic heterocycles. The van der Waals surface area contributed by atoms with E-state index in [9.17, 15) is 4.79 Å². The van der Waals surface area contributed by atoms with Crippen LogP contribution in [0.2, 0.25) is 0 Å². The molecule has 0 saturated heterocycles. The number of nitrogens with one attached hydrogen (secondary N) is 1. The minimum absolute atomic E-state index is 0.132. The van der Waals surface area contributed by atoms with E-state index < -0.39 is 0 Å².